The summed E-state index contributed by atoms with van der Waals surface area (Å²) in [4.78, 5) is 11.5. The van der Waals surface area contributed by atoms with Gasteiger partial charge in [0.15, 0.2) is 0 Å². The van der Waals surface area contributed by atoms with Crippen molar-refractivity contribution in [1.82, 2.24) is 0 Å². The molecule has 5 heteroatoms. The van der Waals surface area contributed by atoms with E-state index in [1.165, 1.54) is 11.1 Å². The Morgan fingerprint density at radius 3 is 2.56 bits per heavy atom. The van der Waals surface area contributed by atoms with Crippen LogP contribution in [0.3, 0.4) is 0 Å². The highest BCUT2D eigenvalue weighted by Crippen LogP contribution is 2.27. The molecule has 1 N–H and O–H groups in total. The van der Waals surface area contributed by atoms with Crippen LogP contribution in [-0.2, 0) is 17.8 Å². The zero-order valence-electron chi connectivity index (χ0n) is 15.1. The number of alkyl halides is 1. The molecule has 0 saturated heterocycles. The van der Waals surface area contributed by atoms with E-state index in [9.17, 15) is 9.18 Å². The predicted octanol–water partition coefficient (Wildman–Crippen LogP) is 5.23. The molecule has 134 valence electrons. The number of nitrogens with one attached hydrogen (secondary N) is 1. The molecule has 0 radical (unpaired) electrons. The fourth-order valence-electron chi connectivity index (χ4n) is 2.74. The first-order valence-corrected chi connectivity index (χ1v) is 8.27. The van der Waals surface area contributed by atoms with Crippen LogP contribution in [0.4, 0.5) is 14.9 Å². The van der Waals surface area contributed by atoms with Gasteiger partial charge < -0.3 is 9.47 Å². The SMILES string of the molecule is CCc1cc(C)c(OCc2c(C)cccc2NC(=O)OCF)cc1C. The Morgan fingerprint density at radius 2 is 1.88 bits per heavy atom. The second-order valence-electron chi connectivity index (χ2n) is 5.95. The average Bonchev–Trinajstić information content (AvgIpc) is 2.57. The van der Waals surface area contributed by atoms with Crippen LogP contribution in [0.2, 0.25) is 0 Å². The lowest BCUT2D eigenvalue weighted by Crippen LogP contribution is -2.15. The number of carbonyl (C=O) groups is 1. The molecule has 0 saturated carbocycles. The number of rotatable bonds is 6. The second kappa shape index (κ2) is 8.51. The Morgan fingerprint density at radius 1 is 1.12 bits per heavy atom. The molecule has 0 aliphatic carbocycles. The maximum Gasteiger partial charge on any atom is 0.413 e. The summed E-state index contributed by atoms with van der Waals surface area (Å²) in [5.74, 6) is 0.815. The number of amides is 1. The van der Waals surface area contributed by atoms with Crippen molar-refractivity contribution in [3.8, 4) is 5.75 Å². The van der Waals surface area contributed by atoms with E-state index in [1.807, 2.05) is 32.0 Å². The summed E-state index contributed by atoms with van der Waals surface area (Å²) in [6.45, 7) is 7.28. The number of anilines is 1. The van der Waals surface area contributed by atoms with Crippen molar-refractivity contribution in [3.63, 3.8) is 0 Å². The highest BCUT2D eigenvalue weighted by molar-refractivity contribution is 5.85. The summed E-state index contributed by atoms with van der Waals surface area (Å²) in [6, 6.07) is 9.67. The number of benzene rings is 2. The van der Waals surface area contributed by atoms with E-state index in [4.69, 9.17) is 4.74 Å². The molecule has 4 nitrogen and oxygen atoms in total. The molecule has 0 heterocycles. The van der Waals surface area contributed by atoms with Crippen LogP contribution in [0.15, 0.2) is 30.3 Å². The minimum absolute atomic E-state index is 0.295. The van der Waals surface area contributed by atoms with Crippen molar-refractivity contribution >= 4 is 11.8 Å². The topological polar surface area (TPSA) is 47.6 Å². The third-order valence-corrected chi connectivity index (χ3v) is 4.22. The van der Waals surface area contributed by atoms with Crippen molar-refractivity contribution in [2.45, 2.75) is 40.7 Å². The van der Waals surface area contributed by atoms with E-state index in [1.54, 1.807) is 6.07 Å². The van der Waals surface area contributed by atoms with Crippen molar-refractivity contribution in [3.05, 3.63) is 58.1 Å². The number of halogens is 1. The van der Waals surface area contributed by atoms with Gasteiger partial charge in [-0.3, -0.25) is 5.32 Å². The molecule has 2 aromatic rings. The van der Waals surface area contributed by atoms with Crippen molar-refractivity contribution in [2.75, 3.05) is 12.2 Å². The highest BCUT2D eigenvalue weighted by atomic mass is 19.1. The molecule has 0 fully saturated rings. The van der Waals surface area contributed by atoms with E-state index in [0.29, 0.717) is 12.3 Å². The Balaban J connectivity index is 2.20. The molecule has 2 rings (SSSR count). The van der Waals surface area contributed by atoms with Gasteiger partial charge in [0.05, 0.1) is 5.69 Å². The maximum absolute atomic E-state index is 12.1. The molecule has 0 bridgehead atoms. The molecule has 25 heavy (non-hydrogen) atoms. The number of carbonyl (C=O) groups excluding carboxylic acids is 1. The van der Waals surface area contributed by atoms with E-state index < -0.39 is 13.0 Å². The molecule has 0 spiro atoms. The van der Waals surface area contributed by atoms with Crippen LogP contribution < -0.4 is 10.1 Å². The Bertz CT molecular complexity index is 759. The number of ether oxygens (including phenoxy) is 2. The van der Waals surface area contributed by atoms with Crippen LogP contribution in [0.5, 0.6) is 5.75 Å². The standard InChI is InChI=1S/C20H24FNO3/c1-5-16-9-15(4)19(10-14(16)3)24-11-17-13(2)7-6-8-18(17)22-20(23)25-12-21/h6-10H,5,11-12H2,1-4H3,(H,22,23). The van der Waals surface area contributed by atoms with Gasteiger partial charge in [0.25, 0.3) is 0 Å². The Labute approximate surface area is 148 Å². The summed E-state index contributed by atoms with van der Waals surface area (Å²) in [7, 11) is 0. The van der Waals surface area contributed by atoms with Crippen LogP contribution in [0.1, 0.15) is 34.7 Å². The van der Waals surface area contributed by atoms with E-state index >= 15 is 0 Å². The van der Waals surface area contributed by atoms with Crippen molar-refractivity contribution < 1.29 is 18.7 Å². The Hall–Kier alpha value is -2.56. The summed E-state index contributed by atoms with van der Waals surface area (Å²) in [5.41, 5.74) is 5.92. The zero-order chi connectivity index (χ0) is 18.4. The number of aryl methyl sites for hydroxylation is 4. The first kappa shape index (κ1) is 18.8. The van der Waals surface area contributed by atoms with Crippen LogP contribution >= 0.6 is 0 Å². The highest BCUT2D eigenvalue weighted by Gasteiger charge is 2.12. The molecule has 0 atom stereocenters. The van der Waals surface area contributed by atoms with Gasteiger partial charge in [-0.15, -0.1) is 0 Å². The molecular weight excluding hydrogens is 321 g/mol. The lowest BCUT2D eigenvalue weighted by Gasteiger charge is -2.16. The molecular formula is C20H24FNO3. The van der Waals surface area contributed by atoms with Crippen molar-refractivity contribution in [2.24, 2.45) is 0 Å². The first-order valence-electron chi connectivity index (χ1n) is 8.27. The first-order chi connectivity index (χ1) is 12.0. The maximum atomic E-state index is 12.1. The third kappa shape index (κ3) is 4.72. The van der Waals surface area contributed by atoms with Crippen LogP contribution in [0, 0.1) is 20.8 Å². The predicted molar refractivity (Wildman–Crippen MR) is 96.9 cm³/mol. The molecule has 2 aromatic carbocycles. The van der Waals surface area contributed by atoms with Gasteiger partial charge in [-0.25, -0.2) is 9.18 Å². The van der Waals surface area contributed by atoms with Gasteiger partial charge in [0.2, 0.25) is 6.86 Å². The Kier molecular flexibility index (Phi) is 6.39. The summed E-state index contributed by atoms with van der Waals surface area (Å²) >= 11 is 0. The smallest absolute Gasteiger partial charge is 0.413 e. The fraction of sp³-hybridized carbons (Fsp3) is 0.350. The van der Waals surface area contributed by atoms with Gasteiger partial charge >= 0.3 is 6.09 Å². The third-order valence-electron chi connectivity index (χ3n) is 4.22. The monoisotopic (exact) mass is 345 g/mol. The van der Waals surface area contributed by atoms with Crippen LogP contribution in [-0.4, -0.2) is 13.0 Å². The molecule has 0 aromatic heterocycles. The normalized spacial score (nSPS) is 10.4. The molecule has 0 unspecified atom stereocenters. The minimum atomic E-state index is -1.16. The van der Waals surface area contributed by atoms with Gasteiger partial charge in [-0.2, -0.15) is 0 Å². The number of hydrogen-bond donors (Lipinski definition) is 1. The summed E-state index contributed by atoms with van der Waals surface area (Å²) in [5, 5.41) is 2.55. The van der Waals surface area contributed by atoms with Gasteiger partial charge in [0.1, 0.15) is 12.4 Å². The number of hydrogen-bond acceptors (Lipinski definition) is 3. The summed E-state index contributed by atoms with van der Waals surface area (Å²) in [6.07, 6.45) is 0.156. The van der Waals surface area contributed by atoms with E-state index in [0.717, 1.165) is 28.9 Å². The lowest BCUT2D eigenvalue weighted by molar-refractivity contribution is 0.111. The second-order valence-corrected chi connectivity index (χ2v) is 5.95. The molecule has 0 aliphatic heterocycles. The van der Waals surface area contributed by atoms with E-state index in [-0.39, 0.29) is 0 Å². The van der Waals surface area contributed by atoms with Gasteiger partial charge in [0, 0.05) is 5.56 Å². The zero-order valence-corrected chi connectivity index (χ0v) is 15.1. The fourth-order valence-corrected chi connectivity index (χ4v) is 2.74. The largest absolute Gasteiger partial charge is 0.489 e. The molecule has 1 amide bonds. The lowest BCUT2D eigenvalue weighted by atomic mass is 10.0. The average molecular weight is 345 g/mol. The minimum Gasteiger partial charge on any atom is -0.489 e. The molecule has 0 aliphatic rings. The van der Waals surface area contributed by atoms with Gasteiger partial charge in [-0.1, -0.05) is 25.1 Å². The van der Waals surface area contributed by atoms with Crippen molar-refractivity contribution in [1.29, 1.82) is 0 Å². The summed E-state index contributed by atoms with van der Waals surface area (Å²) < 4.78 is 22.4. The van der Waals surface area contributed by atoms with Gasteiger partial charge in [-0.05, 0) is 61.6 Å². The quantitative estimate of drug-likeness (QED) is 0.780. The van der Waals surface area contributed by atoms with Crippen LogP contribution in [0.25, 0.3) is 0 Å². The van der Waals surface area contributed by atoms with E-state index in [2.05, 4.69) is 30.0 Å².